The monoisotopic (exact) mass is 226 g/mol. The van der Waals surface area contributed by atoms with Crippen LogP contribution in [0.15, 0.2) is 12.4 Å². The molecule has 0 amide bonds. The zero-order chi connectivity index (χ0) is 11.7. The lowest BCUT2D eigenvalue weighted by Crippen LogP contribution is -2.45. The maximum absolute atomic E-state index is 5.92. The van der Waals surface area contributed by atoms with E-state index >= 15 is 0 Å². The fourth-order valence-corrected chi connectivity index (χ4v) is 1.08. The van der Waals surface area contributed by atoms with Crippen LogP contribution in [-0.4, -0.2) is 28.0 Å². The third-order valence-corrected chi connectivity index (χ3v) is 3.60. The molecule has 1 rings (SSSR count). The van der Waals surface area contributed by atoms with Gasteiger partial charge in [-0.05, 0) is 19.3 Å². The molecule has 1 atom stereocenters. The molecule has 84 valence electrons. The van der Waals surface area contributed by atoms with E-state index in [9.17, 15) is 0 Å². The molecule has 0 aliphatic heterocycles. The van der Waals surface area contributed by atoms with Gasteiger partial charge in [0, 0.05) is 24.6 Å². The molecule has 0 spiro atoms. The van der Waals surface area contributed by atoms with Gasteiger partial charge in [0.1, 0.15) is 0 Å². The van der Waals surface area contributed by atoms with E-state index in [-0.39, 0.29) is 10.8 Å². The molecule has 1 heterocycles. The van der Waals surface area contributed by atoms with Crippen molar-refractivity contribution < 1.29 is 4.65 Å². The number of aryl methyl sites for hydroxylation is 1. The van der Waals surface area contributed by atoms with E-state index in [1.165, 1.54) is 0 Å². The van der Waals surface area contributed by atoms with Crippen LogP contribution in [0.2, 0.25) is 0 Å². The molecule has 0 saturated heterocycles. The molecule has 15 heavy (non-hydrogen) atoms. The Kier molecular flexibility index (Phi) is 3.62. The van der Waals surface area contributed by atoms with Crippen molar-refractivity contribution in [2.24, 2.45) is 7.05 Å². The summed E-state index contributed by atoms with van der Waals surface area (Å²) >= 11 is 0. The second kappa shape index (κ2) is 4.27. The highest BCUT2D eigenvalue weighted by Crippen LogP contribution is 2.32. The highest BCUT2D eigenvalue weighted by Gasteiger charge is 2.33. The maximum Gasteiger partial charge on any atom is 0.312 e. The fourth-order valence-electron chi connectivity index (χ4n) is 0.996. The van der Waals surface area contributed by atoms with E-state index in [4.69, 9.17) is 4.65 Å². The van der Waals surface area contributed by atoms with Gasteiger partial charge in [-0.1, -0.05) is 13.8 Å². The molecular weight excluding hydrogens is 206 g/mol. The Bertz CT molecular complexity index is 330. The topological polar surface area (TPSA) is 27.1 Å². The number of hydrogen-bond acceptors (Lipinski definition) is 2. The highest BCUT2D eigenvalue weighted by molar-refractivity contribution is 7.19. The minimum atomic E-state index is -0.173. The molecule has 0 aliphatic carbocycles. The third-order valence-electron chi connectivity index (χ3n) is 2.91. The molecule has 0 radical (unpaired) electrons. The van der Waals surface area contributed by atoms with Crippen molar-refractivity contribution in [3.8, 4) is 0 Å². The number of rotatable bonds is 4. The molecule has 1 unspecified atom stereocenters. The standard InChI is InChI=1S/C10H20BN2OP/c1-9(2,10(3,4)15)14-11-8-6-12-13(5)7-8/h6-7,11H,15H2,1-5H3. The first-order valence-corrected chi connectivity index (χ1v) is 5.70. The van der Waals surface area contributed by atoms with Gasteiger partial charge >= 0.3 is 7.48 Å². The first-order valence-electron chi connectivity index (χ1n) is 5.13. The number of nitrogens with zero attached hydrogens (tertiary/aromatic N) is 2. The van der Waals surface area contributed by atoms with Gasteiger partial charge in [-0.15, -0.1) is 9.24 Å². The lowest BCUT2D eigenvalue weighted by Gasteiger charge is -2.38. The van der Waals surface area contributed by atoms with Crippen molar-refractivity contribution in [2.75, 3.05) is 0 Å². The minimum absolute atomic E-state index is 0.0508. The van der Waals surface area contributed by atoms with E-state index in [2.05, 4.69) is 42.0 Å². The largest absolute Gasteiger partial charge is 0.429 e. The van der Waals surface area contributed by atoms with Crippen molar-refractivity contribution in [2.45, 2.75) is 38.5 Å². The third kappa shape index (κ3) is 3.32. The van der Waals surface area contributed by atoms with Crippen LogP contribution in [0.5, 0.6) is 0 Å². The first kappa shape index (κ1) is 12.7. The summed E-state index contributed by atoms with van der Waals surface area (Å²) in [5.41, 5.74) is 0.938. The highest BCUT2D eigenvalue weighted by atomic mass is 31.0. The summed E-state index contributed by atoms with van der Waals surface area (Å²) in [7, 11) is 5.35. The van der Waals surface area contributed by atoms with Gasteiger partial charge in [-0.25, -0.2) is 0 Å². The van der Waals surface area contributed by atoms with E-state index in [1.54, 1.807) is 4.68 Å². The Hall–Kier alpha value is -0.335. The number of aromatic nitrogens is 2. The van der Waals surface area contributed by atoms with Gasteiger partial charge in [0.05, 0.1) is 5.60 Å². The van der Waals surface area contributed by atoms with Crippen molar-refractivity contribution >= 4 is 22.2 Å². The summed E-state index contributed by atoms with van der Waals surface area (Å²) in [6.45, 7) is 8.52. The Morgan fingerprint density at radius 2 is 2.00 bits per heavy atom. The van der Waals surface area contributed by atoms with Crippen LogP contribution >= 0.6 is 9.24 Å². The van der Waals surface area contributed by atoms with Crippen LogP contribution in [0.4, 0.5) is 0 Å². The SMILES string of the molecule is Cn1cc(BOC(C)(C)C(C)(C)P)cn1. The predicted octanol–water partition coefficient (Wildman–Crippen LogP) is 0.846. The van der Waals surface area contributed by atoms with Gasteiger partial charge in [0.15, 0.2) is 0 Å². The molecule has 0 aliphatic rings. The Labute approximate surface area is 95.1 Å². The van der Waals surface area contributed by atoms with Crippen molar-refractivity contribution in [3.63, 3.8) is 0 Å². The lowest BCUT2D eigenvalue weighted by atomic mass is 9.86. The molecular formula is C10H20BN2OP. The zero-order valence-corrected chi connectivity index (χ0v) is 11.4. The average molecular weight is 226 g/mol. The van der Waals surface area contributed by atoms with Crippen LogP contribution in [-0.2, 0) is 11.7 Å². The van der Waals surface area contributed by atoms with Crippen LogP contribution in [0.1, 0.15) is 27.7 Å². The maximum atomic E-state index is 5.92. The van der Waals surface area contributed by atoms with Crippen LogP contribution in [0, 0.1) is 0 Å². The summed E-state index contributed by atoms with van der Waals surface area (Å²) in [6.07, 6.45) is 3.82. The fraction of sp³-hybridized carbons (Fsp3) is 0.700. The second-order valence-corrected chi connectivity index (χ2v) is 6.49. The van der Waals surface area contributed by atoms with Crippen LogP contribution < -0.4 is 5.46 Å². The average Bonchev–Trinajstić information content (AvgIpc) is 2.46. The summed E-state index contributed by atoms with van der Waals surface area (Å²) in [4.78, 5) is 0. The summed E-state index contributed by atoms with van der Waals surface area (Å²) in [5, 5.41) is 4.16. The molecule has 1 aromatic rings. The van der Waals surface area contributed by atoms with Crippen molar-refractivity contribution in [3.05, 3.63) is 12.4 Å². The minimum Gasteiger partial charge on any atom is -0.429 e. The lowest BCUT2D eigenvalue weighted by molar-refractivity contribution is 0.0841. The first-order chi connectivity index (χ1) is 6.72. The second-order valence-electron chi connectivity index (χ2n) is 5.04. The predicted molar refractivity (Wildman–Crippen MR) is 68.9 cm³/mol. The molecule has 0 saturated carbocycles. The molecule has 5 heteroatoms. The van der Waals surface area contributed by atoms with E-state index in [1.807, 2.05) is 19.4 Å². The molecule has 0 aromatic carbocycles. The van der Waals surface area contributed by atoms with E-state index < -0.39 is 0 Å². The molecule has 0 fully saturated rings. The molecule has 0 N–H and O–H groups in total. The van der Waals surface area contributed by atoms with Gasteiger partial charge in [0.25, 0.3) is 0 Å². The van der Waals surface area contributed by atoms with Crippen LogP contribution in [0.25, 0.3) is 0 Å². The molecule has 1 aromatic heterocycles. The summed E-state index contributed by atoms with van der Waals surface area (Å²) < 4.78 is 7.71. The number of hydrogen-bond donors (Lipinski definition) is 0. The molecule has 3 nitrogen and oxygen atoms in total. The Balaban J connectivity index is 2.57. The Morgan fingerprint density at radius 3 is 2.40 bits per heavy atom. The van der Waals surface area contributed by atoms with E-state index in [0.29, 0.717) is 7.48 Å². The quantitative estimate of drug-likeness (QED) is 0.562. The summed E-state index contributed by atoms with van der Waals surface area (Å²) in [6, 6.07) is 0. The normalized spacial score (nSPS) is 12.9. The van der Waals surface area contributed by atoms with Gasteiger partial charge in [-0.3, -0.25) is 4.68 Å². The van der Waals surface area contributed by atoms with E-state index in [0.717, 1.165) is 5.46 Å². The summed E-state index contributed by atoms with van der Waals surface area (Å²) in [5.74, 6) is 0. The Morgan fingerprint density at radius 1 is 1.40 bits per heavy atom. The van der Waals surface area contributed by atoms with Gasteiger partial charge in [-0.2, -0.15) is 5.10 Å². The van der Waals surface area contributed by atoms with Gasteiger partial charge in [0.2, 0.25) is 0 Å². The van der Waals surface area contributed by atoms with Crippen LogP contribution in [0.3, 0.4) is 0 Å². The smallest absolute Gasteiger partial charge is 0.312 e. The van der Waals surface area contributed by atoms with Crippen molar-refractivity contribution in [1.29, 1.82) is 0 Å². The van der Waals surface area contributed by atoms with Gasteiger partial charge < -0.3 is 4.65 Å². The molecule has 0 bridgehead atoms. The van der Waals surface area contributed by atoms with Crippen molar-refractivity contribution in [1.82, 2.24) is 9.78 Å². The zero-order valence-electron chi connectivity index (χ0n) is 10.2.